The molecule has 1 aliphatic rings. The SMILES string of the molecule is COC(=O)C1CCC(Cn2ccc3ncc(OCCO[Si](C)(C)C(C)(C)C)cc32)CC1. The second-order valence-corrected chi connectivity index (χ2v) is 15.1. The van der Waals surface area contributed by atoms with E-state index in [1.54, 1.807) is 6.20 Å². The molecule has 0 aliphatic heterocycles. The van der Waals surface area contributed by atoms with Crippen molar-refractivity contribution in [3.63, 3.8) is 0 Å². The summed E-state index contributed by atoms with van der Waals surface area (Å²) in [5, 5.41) is 0.199. The first-order chi connectivity index (χ1) is 14.6. The Hall–Kier alpha value is -1.86. The lowest BCUT2D eigenvalue weighted by molar-refractivity contribution is -0.146. The summed E-state index contributed by atoms with van der Waals surface area (Å²) < 4.78 is 19.3. The summed E-state index contributed by atoms with van der Waals surface area (Å²) in [6, 6.07) is 4.13. The van der Waals surface area contributed by atoms with E-state index in [4.69, 9.17) is 13.9 Å². The van der Waals surface area contributed by atoms with E-state index in [1.165, 1.54) is 7.11 Å². The average Bonchev–Trinajstić information content (AvgIpc) is 3.12. The van der Waals surface area contributed by atoms with Crippen LogP contribution in [0.25, 0.3) is 11.0 Å². The summed E-state index contributed by atoms with van der Waals surface area (Å²) in [4.78, 5) is 16.3. The van der Waals surface area contributed by atoms with Crippen LogP contribution in [0.3, 0.4) is 0 Å². The molecule has 1 fully saturated rings. The molecule has 0 bridgehead atoms. The molecular formula is C24H38N2O4Si. The largest absolute Gasteiger partial charge is 0.490 e. The molecule has 0 atom stereocenters. The van der Waals surface area contributed by atoms with E-state index in [9.17, 15) is 4.79 Å². The van der Waals surface area contributed by atoms with Crippen LogP contribution in [0.1, 0.15) is 46.5 Å². The monoisotopic (exact) mass is 446 g/mol. The average molecular weight is 447 g/mol. The Morgan fingerprint density at radius 3 is 2.55 bits per heavy atom. The topological polar surface area (TPSA) is 62.6 Å². The molecule has 0 amide bonds. The minimum atomic E-state index is -1.75. The van der Waals surface area contributed by atoms with Crippen molar-refractivity contribution in [2.75, 3.05) is 20.3 Å². The van der Waals surface area contributed by atoms with Crippen molar-refractivity contribution in [2.24, 2.45) is 11.8 Å². The fraction of sp³-hybridized carbons (Fsp3) is 0.667. The van der Waals surface area contributed by atoms with Crippen LogP contribution < -0.4 is 4.74 Å². The fourth-order valence-electron chi connectivity index (χ4n) is 3.98. The van der Waals surface area contributed by atoms with Crippen LogP contribution in [0.4, 0.5) is 0 Å². The lowest BCUT2D eigenvalue weighted by Gasteiger charge is -2.36. The van der Waals surface area contributed by atoms with Gasteiger partial charge in [-0.2, -0.15) is 0 Å². The highest BCUT2D eigenvalue weighted by Gasteiger charge is 2.36. The minimum Gasteiger partial charge on any atom is -0.490 e. The molecule has 0 radical (unpaired) electrons. The summed E-state index contributed by atoms with van der Waals surface area (Å²) in [6.07, 6.45) is 7.82. The molecule has 6 nitrogen and oxygen atoms in total. The zero-order valence-corrected chi connectivity index (χ0v) is 20.9. The number of fused-ring (bicyclic) bond motifs is 1. The van der Waals surface area contributed by atoms with E-state index in [1.807, 2.05) is 0 Å². The van der Waals surface area contributed by atoms with Crippen LogP contribution in [0, 0.1) is 11.8 Å². The Morgan fingerprint density at radius 2 is 1.90 bits per heavy atom. The highest BCUT2D eigenvalue weighted by molar-refractivity contribution is 6.74. The molecule has 2 aromatic rings. The van der Waals surface area contributed by atoms with Crippen molar-refractivity contribution >= 4 is 25.3 Å². The maximum atomic E-state index is 11.8. The molecule has 31 heavy (non-hydrogen) atoms. The van der Waals surface area contributed by atoms with Crippen molar-refractivity contribution < 1.29 is 18.7 Å². The molecule has 0 unspecified atom stereocenters. The summed E-state index contributed by atoms with van der Waals surface area (Å²) in [5.74, 6) is 1.35. The van der Waals surface area contributed by atoms with Gasteiger partial charge in [-0.15, -0.1) is 0 Å². The van der Waals surface area contributed by atoms with Gasteiger partial charge in [0.15, 0.2) is 8.32 Å². The molecule has 0 saturated heterocycles. The van der Waals surface area contributed by atoms with Gasteiger partial charge < -0.3 is 18.5 Å². The van der Waals surface area contributed by atoms with Gasteiger partial charge in [-0.3, -0.25) is 9.78 Å². The Morgan fingerprint density at radius 1 is 1.19 bits per heavy atom. The van der Waals surface area contributed by atoms with E-state index in [0.29, 0.717) is 19.1 Å². The summed E-state index contributed by atoms with van der Waals surface area (Å²) >= 11 is 0. The maximum absolute atomic E-state index is 11.8. The highest BCUT2D eigenvalue weighted by Crippen LogP contribution is 2.36. The third-order valence-corrected chi connectivity index (χ3v) is 11.6. The minimum absolute atomic E-state index is 0.0617. The van der Waals surface area contributed by atoms with Gasteiger partial charge in [-0.05, 0) is 55.8 Å². The number of pyridine rings is 1. The van der Waals surface area contributed by atoms with Gasteiger partial charge >= 0.3 is 5.97 Å². The molecular weight excluding hydrogens is 408 g/mol. The van der Waals surface area contributed by atoms with Gasteiger partial charge in [0.2, 0.25) is 0 Å². The quantitative estimate of drug-likeness (QED) is 0.308. The standard InChI is InChI=1S/C24H38N2O4Si/c1-24(2,3)31(5,6)30-14-13-29-20-15-22-21(25-16-20)11-12-26(22)17-18-7-9-19(10-8-18)23(27)28-4/h11-12,15-16,18-19H,7-10,13-14,17H2,1-6H3. The van der Waals surface area contributed by atoms with Gasteiger partial charge in [0.25, 0.3) is 0 Å². The molecule has 0 spiro atoms. The number of hydrogen-bond donors (Lipinski definition) is 0. The third kappa shape index (κ3) is 5.89. The predicted molar refractivity (Wildman–Crippen MR) is 126 cm³/mol. The second-order valence-electron chi connectivity index (χ2n) is 10.2. The first kappa shape index (κ1) is 23.8. The van der Waals surface area contributed by atoms with Crippen molar-refractivity contribution in [2.45, 2.75) is 71.1 Å². The number of hydrogen-bond acceptors (Lipinski definition) is 5. The Bertz CT molecular complexity index is 879. The van der Waals surface area contributed by atoms with Gasteiger partial charge in [-0.1, -0.05) is 20.8 Å². The number of carbonyl (C=O) groups is 1. The van der Waals surface area contributed by atoms with Gasteiger partial charge in [0, 0.05) is 18.8 Å². The van der Waals surface area contributed by atoms with Crippen molar-refractivity contribution in [3.05, 3.63) is 24.5 Å². The Kier molecular flexibility index (Phi) is 7.47. The molecule has 2 heterocycles. The molecule has 3 rings (SSSR count). The maximum Gasteiger partial charge on any atom is 0.308 e. The number of nitrogens with zero attached hydrogens (tertiary/aromatic N) is 2. The van der Waals surface area contributed by atoms with Crippen LogP contribution >= 0.6 is 0 Å². The normalized spacial score (nSPS) is 20.1. The van der Waals surface area contributed by atoms with Crippen LogP contribution in [0.2, 0.25) is 18.1 Å². The Balaban J connectivity index is 1.56. The summed E-state index contributed by atoms with van der Waals surface area (Å²) in [7, 11) is -0.275. The highest BCUT2D eigenvalue weighted by atomic mass is 28.4. The molecule has 0 N–H and O–H groups in total. The first-order valence-electron chi connectivity index (χ1n) is 11.4. The van der Waals surface area contributed by atoms with E-state index in [-0.39, 0.29) is 16.9 Å². The molecule has 7 heteroatoms. The summed E-state index contributed by atoms with van der Waals surface area (Å²) in [5.41, 5.74) is 2.08. The lowest BCUT2D eigenvalue weighted by Crippen LogP contribution is -2.41. The van der Waals surface area contributed by atoms with Crippen LogP contribution in [-0.2, 0) is 20.5 Å². The van der Waals surface area contributed by atoms with Crippen LogP contribution in [0.15, 0.2) is 24.5 Å². The zero-order chi connectivity index (χ0) is 22.6. The molecule has 0 aromatic carbocycles. The Labute approximate surface area is 187 Å². The van der Waals surface area contributed by atoms with E-state index >= 15 is 0 Å². The molecule has 172 valence electrons. The molecule has 1 aliphatic carbocycles. The number of carbonyl (C=O) groups excluding carboxylic acids is 1. The van der Waals surface area contributed by atoms with E-state index in [0.717, 1.165) is 49.0 Å². The molecule has 2 aromatic heterocycles. The number of aromatic nitrogens is 2. The zero-order valence-electron chi connectivity index (χ0n) is 19.9. The van der Waals surface area contributed by atoms with Gasteiger partial charge in [-0.25, -0.2) is 0 Å². The number of rotatable bonds is 8. The van der Waals surface area contributed by atoms with Crippen molar-refractivity contribution in [3.8, 4) is 5.75 Å². The summed E-state index contributed by atoms with van der Waals surface area (Å²) in [6.45, 7) is 13.3. The molecule has 1 saturated carbocycles. The van der Waals surface area contributed by atoms with Crippen molar-refractivity contribution in [1.29, 1.82) is 0 Å². The van der Waals surface area contributed by atoms with Crippen LogP contribution in [0.5, 0.6) is 5.75 Å². The van der Waals surface area contributed by atoms with Crippen molar-refractivity contribution in [1.82, 2.24) is 9.55 Å². The first-order valence-corrected chi connectivity index (χ1v) is 14.3. The predicted octanol–water partition coefficient (Wildman–Crippen LogP) is 5.42. The second kappa shape index (κ2) is 9.73. The number of methoxy groups -OCH3 is 1. The smallest absolute Gasteiger partial charge is 0.308 e. The third-order valence-electron chi connectivity index (χ3n) is 7.05. The van der Waals surface area contributed by atoms with Crippen LogP contribution in [-0.4, -0.2) is 44.2 Å². The van der Waals surface area contributed by atoms with Gasteiger partial charge in [0.05, 0.1) is 36.9 Å². The number of ether oxygens (including phenoxy) is 2. The van der Waals surface area contributed by atoms with Gasteiger partial charge in [0.1, 0.15) is 12.4 Å². The number of esters is 1. The van der Waals surface area contributed by atoms with E-state index in [2.05, 4.69) is 61.7 Å². The fourth-order valence-corrected chi connectivity index (χ4v) is 5.01. The lowest BCUT2D eigenvalue weighted by atomic mass is 9.82. The van der Waals surface area contributed by atoms with E-state index < -0.39 is 8.32 Å².